The number of hydrogen-bond donors (Lipinski definition) is 1. The number of nitrogens with zero attached hydrogens (tertiary/aromatic N) is 2. The van der Waals surface area contributed by atoms with E-state index in [0.29, 0.717) is 12.3 Å². The van der Waals surface area contributed by atoms with Gasteiger partial charge < -0.3 is 5.11 Å². The zero-order chi connectivity index (χ0) is 13.7. The zero-order valence-electron chi connectivity index (χ0n) is 11.5. The van der Waals surface area contributed by atoms with Gasteiger partial charge in [0.1, 0.15) is 0 Å². The standard InChI is InChI=1S/C15H22N2O2/c1-12-3-2-8-16-14(12)11-17-9-6-13(7-10-17)4-5-15(18)19/h2-3,8,13H,4-7,9-11H2,1H3,(H,18,19). The minimum atomic E-state index is -0.675. The van der Waals surface area contributed by atoms with Crippen LogP contribution in [-0.2, 0) is 11.3 Å². The van der Waals surface area contributed by atoms with Crippen LogP contribution in [0.1, 0.15) is 36.9 Å². The van der Waals surface area contributed by atoms with Crippen LogP contribution < -0.4 is 0 Å². The molecule has 0 unspecified atom stereocenters. The first kappa shape index (κ1) is 14.0. The molecule has 1 fully saturated rings. The second kappa shape index (κ2) is 6.66. The van der Waals surface area contributed by atoms with Crippen molar-refractivity contribution in [1.82, 2.24) is 9.88 Å². The molecular weight excluding hydrogens is 240 g/mol. The van der Waals surface area contributed by atoms with E-state index in [4.69, 9.17) is 5.11 Å². The first-order valence-corrected chi connectivity index (χ1v) is 7.00. The first-order chi connectivity index (χ1) is 9.15. The minimum absolute atomic E-state index is 0.310. The van der Waals surface area contributed by atoms with E-state index in [1.54, 1.807) is 0 Å². The zero-order valence-corrected chi connectivity index (χ0v) is 11.5. The highest BCUT2D eigenvalue weighted by atomic mass is 16.4. The number of likely N-dealkylation sites (tertiary alicyclic amines) is 1. The highest BCUT2D eigenvalue weighted by molar-refractivity contribution is 5.66. The number of carboxylic acid groups (broad SMARTS) is 1. The maximum absolute atomic E-state index is 10.6. The fourth-order valence-electron chi connectivity index (χ4n) is 2.66. The molecule has 0 radical (unpaired) electrons. The minimum Gasteiger partial charge on any atom is -0.481 e. The van der Waals surface area contributed by atoms with Gasteiger partial charge >= 0.3 is 5.97 Å². The Kier molecular flexibility index (Phi) is 4.91. The van der Waals surface area contributed by atoms with Crippen LogP contribution in [0.4, 0.5) is 0 Å². The predicted molar refractivity (Wildman–Crippen MR) is 73.8 cm³/mol. The second-order valence-corrected chi connectivity index (χ2v) is 5.42. The van der Waals surface area contributed by atoms with Gasteiger partial charge in [-0.25, -0.2) is 0 Å². The third-order valence-corrected chi connectivity index (χ3v) is 3.96. The van der Waals surface area contributed by atoms with Crippen molar-refractivity contribution in [2.24, 2.45) is 5.92 Å². The van der Waals surface area contributed by atoms with Gasteiger partial charge in [-0.15, -0.1) is 0 Å². The Morgan fingerprint density at radius 1 is 1.47 bits per heavy atom. The summed E-state index contributed by atoms with van der Waals surface area (Å²) in [5, 5.41) is 8.70. The molecule has 1 aromatic rings. The monoisotopic (exact) mass is 262 g/mol. The summed E-state index contributed by atoms with van der Waals surface area (Å²) >= 11 is 0. The van der Waals surface area contributed by atoms with E-state index in [2.05, 4.69) is 22.9 Å². The molecule has 1 N–H and O–H groups in total. The van der Waals surface area contributed by atoms with Gasteiger partial charge in [0.25, 0.3) is 0 Å². The predicted octanol–water partition coefficient (Wildman–Crippen LogP) is 2.47. The molecule has 0 saturated carbocycles. The number of pyridine rings is 1. The normalized spacial score (nSPS) is 17.5. The summed E-state index contributed by atoms with van der Waals surface area (Å²) in [5.41, 5.74) is 2.40. The van der Waals surface area contributed by atoms with Crippen molar-refractivity contribution in [3.8, 4) is 0 Å². The molecule has 0 spiro atoms. The van der Waals surface area contributed by atoms with E-state index in [1.165, 1.54) is 5.56 Å². The lowest BCUT2D eigenvalue weighted by molar-refractivity contribution is -0.137. The van der Waals surface area contributed by atoms with Gasteiger partial charge in [-0.1, -0.05) is 6.07 Å². The van der Waals surface area contributed by atoms with Gasteiger partial charge in [0.05, 0.1) is 5.69 Å². The summed E-state index contributed by atoms with van der Waals surface area (Å²) in [5.74, 6) is -0.0938. The van der Waals surface area contributed by atoms with Crippen LogP contribution in [0.5, 0.6) is 0 Å². The summed E-state index contributed by atoms with van der Waals surface area (Å²) in [4.78, 5) is 17.4. The molecule has 1 saturated heterocycles. The van der Waals surface area contributed by atoms with E-state index in [1.807, 2.05) is 12.3 Å². The van der Waals surface area contributed by atoms with Crippen molar-refractivity contribution in [3.63, 3.8) is 0 Å². The van der Waals surface area contributed by atoms with Gasteiger partial charge in [-0.2, -0.15) is 0 Å². The second-order valence-electron chi connectivity index (χ2n) is 5.42. The molecule has 1 aromatic heterocycles. The van der Waals surface area contributed by atoms with Crippen LogP contribution in [0.25, 0.3) is 0 Å². The Bertz CT molecular complexity index is 426. The van der Waals surface area contributed by atoms with Crippen molar-refractivity contribution in [3.05, 3.63) is 29.6 Å². The van der Waals surface area contributed by atoms with Crippen LogP contribution in [0.3, 0.4) is 0 Å². The number of carboxylic acids is 1. The van der Waals surface area contributed by atoms with Crippen LogP contribution in [-0.4, -0.2) is 34.0 Å². The molecule has 4 heteroatoms. The van der Waals surface area contributed by atoms with Crippen molar-refractivity contribution in [2.75, 3.05) is 13.1 Å². The molecule has 0 atom stereocenters. The fraction of sp³-hybridized carbons (Fsp3) is 0.600. The molecule has 0 amide bonds. The highest BCUT2D eigenvalue weighted by Gasteiger charge is 2.20. The van der Waals surface area contributed by atoms with E-state index in [0.717, 1.165) is 44.6 Å². The Morgan fingerprint density at radius 3 is 2.84 bits per heavy atom. The molecular formula is C15H22N2O2. The molecule has 19 heavy (non-hydrogen) atoms. The Hall–Kier alpha value is -1.42. The van der Waals surface area contributed by atoms with Crippen LogP contribution in [0.2, 0.25) is 0 Å². The first-order valence-electron chi connectivity index (χ1n) is 7.00. The Morgan fingerprint density at radius 2 is 2.21 bits per heavy atom. The molecule has 4 nitrogen and oxygen atoms in total. The third kappa shape index (κ3) is 4.31. The number of hydrogen-bond acceptors (Lipinski definition) is 3. The SMILES string of the molecule is Cc1cccnc1CN1CCC(CCC(=O)O)CC1. The summed E-state index contributed by atoms with van der Waals surface area (Å²) < 4.78 is 0. The van der Waals surface area contributed by atoms with Crippen LogP contribution in [0.15, 0.2) is 18.3 Å². The summed E-state index contributed by atoms with van der Waals surface area (Å²) in [6, 6.07) is 4.07. The van der Waals surface area contributed by atoms with Crippen molar-refractivity contribution in [2.45, 2.75) is 39.2 Å². The quantitative estimate of drug-likeness (QED) is 0.885. The van der Waals surface area contributed by atoms with Gasteiger partial charge in [0, 0.05) is 19.2 Å². The average molecular weight is 262 g/mol. The van der Waals surface area contributed by atoms with Gasteiger partial charge in [-0.3, -0.25) is 14.7 Å². The number of aryl methyl sites for hydroxylation is 1. The molecule has 0 aromatic carbocycles. The van der Waals surface area contributed by atoms with Crippen molar-refractivity contribution >= 4 is 5.97 Å². The lowest BCUT2D eigenvalue weighted by Crippen LogP contribution is -2.33. The van der Waals surface area contributed by atoms with Gasteiger partial charge in [0.15, 0.2) is 0 Å². The van der Waals surface area contributed by atoms with Crippen molar-refractivity contribution in [1.29, 1.82) is 0 Å². The lowest BCUT2D eigenvalue weighted by Gasteiger charge is -2.31. The van der Waals surface area contributed by atoms with Gasteiger partial charge in [0.2, 0.25) is 0 Å². The number of rotatable bonds is 5. The summed E-state index contributed by atoms with van der Waals surface area (Å²) in [7, 11) is 0. The van der Waals surface area contributed by atoms with Crippen LogP contribution in [0, 0.1) is 12.8 Å². The maximum Gasteiger partial charge on any atom is 0.303 e. The molecule has 104 valence electrons. The molecule has 0 aliphatic carbocycles. The molecule has 1 aliphatic heterocycles. The largest absolute Gasteiger partial charge is 0.481 e. The van der Waals surface area contributed by atoms with E-state index >= 15 is 0 Å². The van der Waals surface area contributed by atoms with E-state index in [-0.39, 0.29) is 0 Å². The Labute approximate surface area is 114 Å². The van der Waals surface area contributed by atoms with Crippen LogP contribution >= 0.6 is 0 Å². The summed E-state index contributed by atoms with van der Waals surface area (Å²) in [6.07, 6.45) is 5.20. The van der Waals surface area contributed by atoms with Gasteiger partial charge in [-0.05, 0) is 56.8 Å². The maximum atomic E-state index is 10.6. The Balaban J connectivity index is 1.77. The molecule has 1 aliphatic rings. The summed E-state index contributed by atoms with van der Waals surface area (Å²) in [6.45, 7) is 5.13. The fourth-order valence-corrected chi connectivity index (χ4v) is 2.66. The topological polar surface area (TPSA) is 53.4 Å². The van der Waals surface area contributed by atoms with Crippen molar-refractivity contribution < 1.29 is 9.90 Å². The molecule has 0 bridgehead atoms. The van der Waals surface area contributed by atoms with E-state index < -0.39 is 5.97 Å². The molecule has 2 heterocycles. The number of aromatic nitrogens is 1. The average Bonchev–Trinajstić information content (AvgIpc) is 2.40. The lowest BCUT2D eigenvalue weighted by atomic mass is 9.92. The third-order valence-electron chi connectivity index (χ3n) is 3.96. The highest BCUT2D eigenvalue weighted by Crippen LogP contribution is 2.23. The molecule has 2 rings (SSSR count). The van der Waals surface area contributed by atoms with E-state index in [9.17, 15) is 4.79 Å². The number of piperidine rings is 1. The number of carbonyl (C=O) groups is 1. The smallest absolute Gasteiger partial charge is 0.303 e. The number of aliphatic carboxylic acids is 1.